The van der Waals surface area contributed by atoms with Crippen molar-refractivity contribution in [2.45, 2.75) is 18.4 Å². The highest BCUT2D eigenvalue weighted by atomic mass is 32.2. The third-order valence-electron chi connectivity index (χ3n) is 6.57. The lowest BCUT2D eigenvalue weighted by Crippen LogP contribution is -2.47. The molecule has 0 spiro atoms. The van der Waals surface area contributed by atoms with Crippen LogP contribution in [0.15, 0.2) is 53.4 Å². The molecule has 218 valence electrons. The van der Waals surface area contributed by atoms with Gasteiger partial charge in [-0.25, -0.2) is 13.2 Å². The highest BCUT2D eigenvalue weighted by Crippen LogP contribution is 2.29. The van der Waals surface area contributed by atoms with Crippen LogP contribution in [0, 0.1) is 0 Å². The molecule has 2 amide bonds. The van der Waals surface area contributed by atoms with Gasteiger partial charge in [0.1, 0.15) is 11.4 Å². The minimum Gasteiger partial charge on any atom is -0.493 e. The lowest BCUT2D eigenvalue weighted by molar-refractivity contribution is 0.0594. The fourth-order valence-corrected chi connectivity index (χ4v) is 5.88. The number of rotatable bonds is 10. The predicted octanol–water partition coefficient (Wildman–Crippen LogP) is 1.40. The van der Waals surface area contributed by atoms with Gasteiger partial charge in [0.25, 0.3) is 11.8 Å². The number of carbonyl (C=O) groups is 3. The molecule has 13 nitrogen and oxygen atoms in total. The number of amides is 2. The fraction of sp³-hybridized carbons (Fsp3) is 0.333. The second-order valence-electron chi connectivity index (χ2n) is 9.32. The molecular weight excluding hydrogens is 552 g/mol. The van der Waals surface area contributed by atoms with E-state index in [0.29, 0.717) is 26.2 Å². The van der Waals surface area contributed by atoms with Crippen molar-refractivity contribution in [3.05, 3.63) is 71.0 Å². The minimum absolute atomic E-state index is 0.0714. The summed E-state index contributed by atoms with van der Waals surface area (Å²) in [6.07, 6.45) is 0. The van der Waals surface area contributed by atoms with Crippen LogP contribution in [0.25, 0.3) is 0 Å². The van der Waals surface area contributed by atoms with Gasteiger partial charge in [0.15, 0.2) is 11.4 Å². The molecule has 0 saturated carbocycles. The van der Waals surface area contributed by atoms with Gasteiger partial charge in [-0.05, 0) is 37.7 Å². The first-order chi connectivity index (χ1) is 19.6. The van der Waals surface area contributed by atoms with Crippen molar-refractivity contribution in [2.75, 3.05) is 52.3 Å². The van der Waals surface area contributed by atoms with Crippen LogP contribution in [-0.4, -0.2) is 92.1 Å². The number of aromatic nitrogens is 2. The molecule has 0 unspecified atom stereocenters. The van der Waals surface area contributed by atoms with Crippen LogP contribution >= 0.6 is 0 Å². The summed E-state index contributed by atoms with van der Waals surface area (Å²) in [5, 5.41) is 6.76. The molecule has 2 heterocycles. The van der Waals surface area contributed by atoms with Crippen molar-refractivity contribution in [1.29, 1.82) is 0 Å². The molecule has 0 atom stereocenters. The van der Waals surface area contributed by atoms with Gasteiger partial charge < -0.3 is 25.4 Å². The number of sulfonamides is 1. The van der Waals surface area contributed by atoms with E-state index in [-0.39, 0.29) is 46.4 Å². The zero-order chi connectivity index (χ0) is 29.7. The number of hydrogen-bond donors (Lipinski definition) is 2. The van der Waals surface area contributed by atoms with Gasteiger partial charge in [-0.15, -0.1) is 0 Å². The number of hydrogen-bond acceptors (Lipinski definition) is 9. The number of anilines is 1. The molecule has 2 aromatic carbocycles. The van der Waals surface area contributed by atoms with Gasteiger partial charge in [-0.2, -0.15) is 9.40 Å². The number of nitrogens with one attached hydrogen (secondary N) is 1. The van der Waals surface area contributed by atoms with E-state index in [1.54, 1.807) is 31.2 Å². The molecule has 4 rings (SSSR count). The summed E-state index contributed by atoms with van der Waals surface area (Å²) in [5.74, 6) is -2.59. The van der Waals surface area contributed by atoms with Crippen LogP contribution in [-0.2, 0) is 21.3 Å². The van der Waals surface area contributed by atoms with Crippen molar-refractivity contribution >= 4 is 33.5 Å². The third-order valence-corrected chi connectivity index (χ3v) is 8.47. The Morgan fingerprint density at radius 2 is 1.73 bits per heavy atom. The summed E-state index contributed by atoms with van der Waals surface area (Å²) in [6.45, 7) is 3.73. The van der Waals surface area contributed by atoms with Crippen molar-refractivity contribution in [3.63, 3.8) is 0 Å². The van der Waals surface area contributed by atoms with Gasteiger partial charge in [0.2, 0.25) is 10.0 Å². The van der Waals surface area contributed by atoms with Gasteiger partial charge in [-0.1, -0.05) is 30.3 Å². The first-order valence-corrected chi connectivity index (χ1v) is 14.3. The number of benzene rings is 2. The lowest BCUT2D eigenvalue weighted by Gasteiger charge is -2.31. The van der Waals surface area contributed by atoms with E-state index in [0.717, 1.165) is 12.7 Å². The van der Waals surface area contributed by atoms with Crippen LogP contribution in [0.4, 0.5) is 5.69 Å². The normalized spacial score (nSPS) is 14.4. The summed E-state index contributed by atoms with van der Waals surface area (Å²) < 4.78 is 39.8. The van der Waals surface area contributed by atoms with Gasteiger partial charge in [-0.3, -0.25) is 14.3 Å². The van der Waals surface area contributed by atoms with Gasteiger partial charge >= 0.3 is 5.97 Å². The topological polar surface area (TPSA) is 166 Å². The van der Waals surface area contributed by atoms with Crippen LogP contribution in [0.3, 0.4) is 0 Å². The van der Waals surface area contributed by atoms with Crippen molar-refractivity contribution in [3.8, 4) is 5.75 Å². The molecule has 0 radical (unpaired) electrons. The SMILES string of the molecule is CCOc1ccc(S(=O)(=O)N2CCN(C)CC2)cc1C(=O)Nc1c(C(=O)OC)nn(Cc2ccccc2)c1C(N)=O. The molecule has 1 saturated heterocycles. The first-order valence-electron chi connectivity index (χ1n) is 12.9. The van der Waals surface area contributed by atoms with E-state index in [1.165, 1.54) is 27.2 Å². The number of nitrogens with two attached hydrogens (primary N) is 1. The Morgan fingerprint density at radius 1 is 1.05 bits per heavy atom. The van der Waals surface area contributed by atoms with Gasteiger partial charge in [0, 0.05) is 26.2 Å². The number of primary amides is 1. The molecule has 1 fully saturated rings. The Morgan fingerprint density at radius 3 is 2.34 bits per heavy atom. The Balaban J connectivity index is 1.76. The average Bonchev–Trinajstić information content (AvgIpc) is 3.31. The average molecular weight is 585 g/mol. The maximum Gasteiger partial charge on any atom is 0.360 e. The molecule has 0 aliphatic carbocycles. The summed E-state index contributed by atoms with van der Waals surface area (Å²) in [4.78, 5) is 40.8. The summed E-state index contributed by atoms with van der Waals surface area (Å²) in [6, 6.07) is 13.0. The van der Waals surface area contributed by atoms with Gasteiger partial charge in [0.05, 0.1) is 30.7 Å². The zero-order valence-corrected chi connectivity index (χ0v) is 23.8. The fourth-order valence-electron chi connectivity index (χ4n) is 4.43. The smallest absolute Gasteiger partial charge is 0.360 e. The minimum atomic E-state index is -3.92. The molecule has 1 aromatic heterocycles. The van der Waals surface area contributed by atoms with Crippen molar-refractivity contribution < 1.29 is 32.3 Å². The van der Waals surface area contributed by atoms with Crippen LogP contribution in [0.2, 0.25) is 0 Å². The second-order valence-corrected chi connectivity index (χ2v) is 11.3. The number of ether oxygens (including phenoxy) is 2. The Kier molecular flexibility index (Phi) is 9.05. The summed E-state index contributed by atoms with van der Waals surface area (Å²) in [5.41, 5.74) is 5.47. The molecular formula is C27H32N6O7S. The zero-order valence-electron chi connectivity index (χ0n) is 23.0. The molecule has 41 heavy (non-hydrogen) atoms. The summed E-state index contributed by atoms with van der Waals surface area (Å²) in [7, 11) is -0.873. The lowest BCUT2D eigenvalue weighted by atomic mass is 10.1. The molecule has 14 heteroatoms. The van der Waals surface area contributed by atoms with Crippen LogP contribution in [0.1, 0.15) is 43.8 Å². The predicted molar refractivity (Wildman–Crippen MR) is 149 cm³/mol. The molecule has 3 N–H and O–H groups in total. The van der Waals surface area contributed by atoms with E-state index in [2.05, 4.69) is 10.4 Å². The maximum absolute atomic E-state index is 13.7. The molecule has 0 bridgehead atoms. The quantitative estimate of drug-likeness (QED) is 0.335. The summed E-state index contributed by atoms with van der Waals surface area (Å²) >= 11 is 0. The highest BCUT2D eigenvalue weighted by molar-refractivity contribution is 7.89. The standard InChI is InChI=1S/C27H32N6O7S/c1-4-40-21-11-10-19(41(37,38)32-14-12-31(2)13-15-32)16-20(21)26(35)29-22-23(27(36)39-3)30-33(24(22)25(28)34)17-18-8-6-5-7-9-18/h5-11,16H,4,12-15,17H2,1-3H3,(H2,28,34)(H,29,35). The number of piperazine rings is 1. The Labute approximate surface area is 237 Å². The molecule has 3 aromatic rings. The highest BCUT2D eigenvalue weighted by Gasteiger charge is 2.31. The van der Waals surface area contributed by atoms with Crippen LogP contribution in [0.5, 0.6) is 5.75 Å². The Bertz CT molecular complexity index is 1550. The maximum atomic E-state index is 13.7. The van der Waals surface area contributed by atoms with E-state index < -0.39 is 27.8 Å². The van der Waals surface area contributed by atoms with E-state index >= 15 is 0 Å². The van der Waals surface area contributed by atoms with E-state index in [1.807, 2.05) is 18.0 Å². The van der Waals surface area contributed by atoms with E-state index in [4.69, 9.17) is 15.2 Å². The number of nitrogens with zero attached hydrogens (tertiary/aromatic N) is 4. The van der Waals surface area contributed by atoms with Crippen molar-refractivity contribution in [2.24, 2.45) is 5.73 Å². The van der Waals surface area contributed by atoms with E-state index in [9.17, 15) is 22.8 Å². The number of likely N-dealkylation sites (N-methyl/N-ethyl adjacent to an activating group) is 1. The Hall–Kier alpha value is -4.27. The van der Waals surface area contributed by atoms with Crippen molar-refractivity contribution in [1.82, 2.24) is 19.0 Å². The number of methoxy groups -OCH3 is 1. The third kappa shape index (κ3) is 6.39. The van der Waals surface area contributed by atoms with Crippen LogP contribution < -0.4 is 15.8 Å². The monoisotopic (exact) mass is 584 g/mol. The number of carbonyl (C=O) groups excluding carboxylic acids is 3. The largest absolute Gasteiger partial charge is 0.493 e. The first kappa shape index (κ1) is 29.7. The number of esters is 1. The molecule has 1 aliphatic heterocycles. The second kappa shape index (κ2) is 12.5. The molecule has 1 aliphatic rings.